The van der Waals surface area contributed by atoms with Crippen LogP contribution in [0.25, 0.3) is 10.9 Å². The zero-order valence-electron chi connectivity index (χ0n) is 13.8. The van der Waals surface area contributed by atoms with E-state index in [4.69, 9.17) is 4.74 Å². The molecule has 6 nitrogen and oxygen atoms in total. The fourth-order valence-electron chi connectivity index (χ4n) is 3.22. The van der Waals surface area contributed by atoms with Gasteiger partial charge in [0.15, 0.2) is 0 Å². The Kier molecular flexibility index (Phi) is 4.35. The number of nitrogens with zero attached hydrogens (tertiary/aromatic N) is 1. The van der Waals surface area contributed by atoms with E-state index in [1.807, 2.05) is 18.2 Å². The predicted molar refractivity (Wildman–Crippen MR) is 98.0 cm³/mol. The molecule has 1 fully saturated rings. The van der Waals surface area contributed by atoms with Crippen LogP contribution in [0.2, 0.25) is 0 Å². The second kappa shape index (κ2) is 6.94. The van der Waals surface area contributed by atoms with Gasteiger partial charge >= 0.3 is 6.03 Å². The first kappa shape index (κ1) is 15.7. The first-order valence-electron chi connectivity index (χ1n) is 8.46. The number of hydrogen-bond acceptors (Lipinski definition) is 3. The summed E-state index contributed by atoms with van der Waals surface area (Å²) in [6.07, 6.45) is 7.32. The maximum atomic E-state index is 12.2. The van der Waals surface area contributed by atoms with Crippen molar-refractivity contribution in [3.05, 3.63) is 54.5 Å². The van der Waals surface area contributed by atoms with Crippen molar-refractivity contribution in [1.29, 1.82) is 0 Å². The van der Waals surface area contributed by atoms with Gasteiger partial charge in [-0.3, -0.25) is 4.98 Å². The lowest BCUT2D eigenvalue weighted by molar-refractivity contribution is 0.0853. The van der Waals surface area contributed by atoms with Gasteiger partial charge < -0.3 is 20.4 Å². The number of rotatable bonds is 3. The summed E-state index contributed by atoms with van der Waals surface area (Å²) in [6, 6.07) is 9.65. The van der Waals surface area contributed by atoms with E-state index in [-0.39, 0.29) is 6.03 Å². The molecule has 1 aromatic carbocycles. The topological polar surface area (TPSA) is 79.0 Å². The van der Waals surface area contributed by atoms with E-state index in [1.165, 1.54) is 5.56 Å². The molecule has 1 saturated heterocycles. The largest absolute Gasteiger partial charge is 0.381 e. The van der Waals surface area contributed by atoms with E-state index in [2.05, 4.69) is 32.7 Å². The van der Waals surface area contributed by atoms with Crippen molar-refractivity contribution in [2.45, 2.75) is 18.8 Å². The van der Waals surface area contributed by atoms with Crippen LogP contribution in [0.3, 0.4) is 0 Å². The highest BCUT2D eigenvalue weighted by molar-refractivity contribution is 6.05. The third-order valence-corrected chi connectivity index (χ3v) is 4.59. The van der Waals surface area contributed by atoms with Gasteiger partial charge in [-0.2, -0.15) is 0 Å². The number of fused-ring (bicyclic) bond motifs is 1. The van der Waals surface area contributed by atoms with Gasteiger partial charge in [0.25, 0.3) is 0 Å². The standard InChI is InChI=1S/C19H20N4O2/c24-19(23-18-12-21-17-5-8-20-11-16(17)18)22-15-3-1-13(2-4-15)14-6-9-25-10-7-14/h1-5,8,11-12,14,21H,6-7,9-10H2,(H2,22,23,24). The minimum absolute atomic E-state index is 0.274. The summed E-state index contributed by atoms with van der Waals surface area (Å²) < 4.78 is 5.41. The van der Waals surface area contributed by atoms with Crippen LogP contribution in [0.5, 0.6) is 0 Å². The van der Waals surface area contributed by atoms with Crippen LogP contribution in [0.4, 0.5) is 16.2 Å². The van der Waals surface area contributed by atoms with Gasteiger partial charge in [-0.25, -0.2) is 4.79 Å². The number of carbonyl (C=O) groups is 1. The first-order chi connectivity index (χ1) is 12.3. The number of benzene rings is 1. The number of carbonyl (C=O) groups excluding carboxylic acids is 1. The molecule has 3 heterocycles. The van der Waals surface area contributed by atoms with E-state index in [0.717, 1.165) is 42.6 Å². The van der Waals surface area contributed by atoms with Crippen molar-refractivity contribution in [2.24, 2.45) is 0 Å². The fourth-order valence-corrected chi connectivity index (χ4v) is 3.22. The highest BCUT2D eigenvalue weighted by Gasteiger charge is 2.15. The van der Waals surface area contributed by atoms with Gasteiger partial charge in [0.1, 0.15) is 0 Å². The number of anilines is 2. The molecule has 25 heavy (non-hydrogen) atoms. The number of nitrogens with one attached hydrogen (secondary N) is 3. The van der Waals surface area contributed by atoms with Crippen LogP contribution in [-0.2, 0) is 4.74 Å². The lowest BCUT2D eigenvalue weighted by atomic mass is 9.92. The Bertz CT molecular complexity index is 867. The van der Waals surface area contributed by atoms with Crippen molar-refractivity contribution in [1.82, 2.24) is 9.97 Å². The zero-order valence-corrected chi connectivity index (χ0v) is 13.8. The van der Waals surface area contributed by atoms with E-state index >= 15 is 0 Å². The van der Waals surface area contributed by atoms with E-state index < -0.39 is 0 Å². The number of pyridine rings is 1. The average Bonchev–Trinajstić information content (AvgIpc) is 3.06. The SMILES string of the molecule is O=C(Nc1ccc(C2CCOCC2)cc1)Nc1c[nH]c2ccncc12. The molecule has 2 amide bonds. The molecule has 0 spiro atoms. The molecule has 4 rings (SSSR count). The Morgan fingerprint density at radius 1 is 1.12 bits per heavy atom. The van der Waals surface area contributed by atoms with Crippen LogP contribution < -0.4 is 10.6 Å². The summed E-state index contributed by atoms with van der Waals surface area (Å²) in [5.41, 5.74) is 3.72. The summed E-state index contributed by atoms with van der Waals surface area (Å²) >= 11 is 0. The summed E-state index contributed by atoms with van der Waals surface area (Å²) in [5, 5.41) is 6.60. The molecule has 0 saturated carbocycles. The summed E-state index contributed by atoms with van der Waals surface area (Å²) in [4.78, 5) is 19.4. The average molecular weight is 336 g/mol. The van der Waals surface area contributed by atoms with Crippen molar-refractivity contribution in [3.63, 3.8) is 0 Å². The van der Waals surface area contributed by atoms with Gasteiger partial charge in [-0.15, -0.1) is 0 Å². The summed E-state index contributed by atoms with van der Waals surface area (Å²) in [5.74, 6) is 0.551. The maximum absolute atomic E-state index is 12.2. The highest BCUT2D eigenvalue weighted by atomic mass is 16.5. The smallest absolute Gasteiger partial charge is 0.323 e. The van der Waals surface area contributed by atoms with E-state index in [9.17, 15) is 4.79 Å². The minimum atomic E-state index is -0.274. The van der Waals surface area contributed by atoms with Crippen molar-refractivity contribution in [3.8, 4) is 0 Å². The van der Waals surface area contributed by atoms with Crippen LogP contribution in [0, 0.1) is 0 Å². The second-order valence-electron chi connectivity index (χ2n) is 6.21. The molecule has 0 radical (unpaired) electrons. The number of urea groups is 1. The fraction of sp³-hybridized carbons (Fsp3) is 0.263. The molecule has 0 bridgehead atoms. The molecule has 2 aromatic heterocycles. The number of amides is 2. The quantitative estimate of drug-likeness (QED) is 0.674. The van der Waals surface area contributed by atoms with Gasteiger partial charge in [-0.05, 0) is 42.5 Å². The Hall–Kier alpha value is -2.86. The van der Waals surface area contributed by atoms with E-state index in [0.29, 0.717) is 11.6 Å². The lowest BCUT2D eigenvalue weighted by Gasteiger charge is -2.22. The highest BCUT2D eigenvalue weighted by Crippen LogP contribution is 2.28. The molecule has 0 aliphatic carbocycles. The van der Waals surface area contributed by atoms with Crippen LogP contribution in [-0.4, -0.2) is 29.2 Å². The van der Waals surface area contributed by atoms with Crippen molar-refractivity contribution in [2.75, 3.05) is 23.8 Å². The number of aromatic nitrogens is 2. The second-order valence-corrected chi connectivity index (χ2v) is 6.21. The van der Waals surface area contributed by atoms with Gasteiger partial charge in [0, 0.05) is 42.9 Å². The molecule has 3 aromatic rings. The third-order valence-electron chi connectivity index (χ3n) is 4.59. The maximum Gasteiger partial charge on any atom is 0.323 e. The zero-order chi connectivity index (χ0) is 17.1. The third kappa shape index (κ3) is 3.49. The summed E-state index contributed by atoms with van der Waals surface area (Å²) in [6.45, 7) is 1.65. The monoisotopic (exact) mass is 336 g/mol. The Labute approximate surface area is 145 Å². The van der Waals surface area contributed by atoms with Gasteiger partial charge in [0.05, 0.1) is 11.2 Å². The Balaban J connectivity index is 1.40. The van der Waals surface area contributed by atoms with Crippen molar-refractivity contribution >= 4 is 28.3 Å². The molecular formula is C19H20N4O2. The molecule has 1 aliphatic rings. The molecular weight excluding hydrogens is 316 g/mol. The normalized spacial score (nSPS) is 15.2. The number of H-pyrrole nitrogens is 1. The Morgan fingerprint density at radius 2 is 1.92 bits per heavy atom. The van der Waals surface area contributed by atoms with Crippen LogP contribution in [0.15, 0.2) is 48.9 Å². The van der Waals surface area contributed by atoms with Gasteiger partial charge in [0.2, 0.25) is 0 Å². The number of hydrogen-bond donors (Lipinski definition) is 3. The number of ether oxygens (including phenoxy) is 1. The molecule has 3 N–H and O–H groups in total. The van der Waals surface area contributed by atoms with Gasteiger partial charge in [-0.1, -0.05) is 12.1 Å². The number of aromatic amines is 1. The van der Waals surface area contributed by atoms with Crippen LogP contribution in [0.1, 0.15) is 24.3 Å². The molecule has 128 valence electrons. The van der Waals surface area contributed by atoms with E-state index in [1.54, 1.807) is 18.6 Å². The lowest BCUT2D eigenvalue weighted by Crippen LogP contribution is -2.19. The molecule has 6 heteroatoms. The summed E-state index contributed by atoms with van der Waals surface area (Å²) in [7, 11) is 0. The first-order valence-corrected chi connectivity index (χ1v) is 8.46. The Morgan fingerprint density at radius 3 is 2.72 bits per heavy atom. The molecule has 0 unspecified atom stereocenters. The van der Waals surface area contributed by atoms with Crippen molar-refractivity contribution < 1.29 is 9.53 Å². The molecule has 0 atom stereocenters. The predicted octanol–water partition coefficient (Wildman–Crippen LogP) is 4.10. The minimum Gasteiger partial charge on any atom is -0.381 e. The van der Waals surface area contributed by atoms with Crippen LogP contribution >= 0.6 is 0 Å². The molecule has 1 aliphatic heterocycles.